The molecule has 0 aromatic heterocycles. The molecule has 3 aromatic carbocycles. The summed E-state index contributed by atoms with van der Waals surface area (Å²) in [6.07, 6.45) is 0. The number of benzene rings is 3. The van der Waals surface area contributed by atoms with Gasteiger partial charge in [0, 0.05) is 38.9 Å². The number of aliphatic carboxylic acids is 1. The van der Waals surface area contributed by atoms with E-state index in [9.17, 15) is 39.2 Å². The number of hydrogen-bond acceptors (Lipinski definition) is 8. The molecule has 0 radical (unpaired) electrons. The number of amides is 2. The molecule has 2 amide bonds. The molecule has 200 valence electrons. The number of likely N-dealkylation sites (tertiary alicyclic amines) is 1. The number of nitrogens with zero attached hydrogens (tertiary/aromatic N) is 2. The molecule has 3 aromatic rings. The van der Waals surface area contributed by atoms with Gasteiger partial charge in [-0.15, -0.1) is 0 Å². The molecule has 40 heavy (non-hydrogen) atoms. The molecule has 4 unspecified atom stereocenters. The topological polar surface area (TPSA) is 164 Å². The van der Waals surface area contributed by atoms with Crippen LogP contribution in [0.3, 0.4) is 0 Å². The molecule has 2 saturated heterocycles. The van der Waals surface area contributed by atoms with Gasteiger partial charge in [0.1, 0.15) is 6.04 Å². The number of carboxylic acids is 1. The fourth-order valence-electron chi connectivity index (χ4n) is 5.91. The van der Waals surface area contributed by atoms with Crippen molar-refractivity contribution in [2.45, 2.75) is 18.6 Å². The minimum absolute atomic E-state index is 0.00388. The van der Waals surface area contributed by atoms with Crippen LogP contribution in [0, 0.1) is 22.0 Å². The zero-order valence-electron chi connectivity index (χ0n) is 20.4. The summed E-state index contributed by atoms with van der Waals surface area (Å²) in [6, 6.07) is 12.0. The summed E-state index contributed by atoms with van der Waals surface area (Å²) in [5.41, 5.74) is 0.885. The monoisotopic (exact) mass is 559 g/mol. The van der Waals surface area contributed by atoms with Crippen LogP contribution in [0.15, 0.2) is 60.7 Å². The highest BCUT2D eigenvalue weighted by molar-refractivity contribution is 6.30. The third-order valence-electron chi connectivity index (χ3n) is 7.68. The van der Waals surface area contributed by atoms with E-state index in [1.165, 1.54) is 30.3 Å². The summed E-state index contributed by atoms with van der Waals surface area (Å²) in [7, 11) is 0. The number of carbonyl (C=O) groups excluding carboxylic acids is 4. The number of halogens is 1. The molecular weight excluding hydrogens is 542 g/mol. The number of nitro groups is 1. The van der Waals surface area contributed by atoms with Gasteiger partial charge in [-0.25, -0.2) is 0 Å². The van der Waals surface area contributed by atoms with E-state index in [1.807, 2.05) is 0 Å². The minimum Gasteiger partial charge on any atom is -0.480 e. The van der Waals surface area contributed by atoms with Crippen LogP contribution in [0.25, 0.3) is 0 Å². The number of nitro benzene ring substituents is 1. The normalized spacial score (nSPS) is 23.2. The highest BCUT2D eigenvalue weighted by Gasteiger charge is 2.61. The zero-order valence-corrected chi connectivity index (χ0v) is 21.1. The van der Waals surface area contributed by atoms with Crippen LogP contribution in [-0.2, 0) is 20.9 Å². The standard InChI is InChI=1S/C28H18ClN3O8/c29-13-6-8-19(32(39)40)18(10-13)22-20-21(23(30-22)28(37)38)27(36)31(26(20)35)11-12-5-7-16-17(9-12)25(34)15-4-2-1-3-14(15)24(16)33/h1-10,20-23,30H,11H2,(H,37,38). The Morgan fingerprint density at radius 2 is 1.52 bits per heavy atom. The third-order valence-corrected chi connectivity index (χ3v) is 7.92. The Bertz CT molecular complexity index is 1700. The van der Waals surface area contributed by atoms with Crippen molar-refractivity contribution < 1.29 is 34.0 Å². The second kappa shape index (κ2) is 9.18. The molecule has 11 nitrogen and oxygen atoms in total. The van der Waals surface area contributed by atoms with Crippen LogP contribution >= 0.6 is 11.6 Å². The molecule has 3 aliphatic rings. The summed E-state index contributed by atoms with van der Waals surface area (Å²) < 4.78 is 0. The molecule has 1 aliphatic carbocycles. The molecule has 2 N–H and O–H groups in total. The lowest BCUT2D eigenvalue weighted by molar-refractivity contribution is -0.385. The average molecular weight is 560 g/mol. The van der Waals surface area contributed by atoms with Gasteiger partial charge in [0.2, 0.25) is 11.8 Å². The van der Waals surface area contributed by atoms with E-state index in [1.54, 1.807) is 24.3 Å². The minimum atomic E-state index is -1.48. The maximum absolute atomic E-state index is 13.6. The molecule has 2 fully saturated rings. The molecule has 0 spiro atoms. The number of rotatable bonds is 5. The van der Waals surface area contributed by atoms with Crippen molar-refractivity contribution in [3.63, 3.8) is 0 Å². The Balaban J connectivity index is 1.36. The van der Waals surface area contributed by atoms with Crippen molar-refractivity contribution in [3.05, 3.63) is 109 Å². The van der Waals surface area contributed by atoms with E-state index in [0.29, 0.717) is 11.1 Å². The Hall–Kier alpha value is -4.74. The third kappa shape index (κ3) is 3.74. The summed E-state index contributed by atoms with van der Waals surface area (Å²) in [5.74, 6) is -6.10. The molecule has 2 aliphatic heterocycles. The molecular formula is C28H18ClN3O8. The van der Waals surface area contributed by atoms with Crippen LogP contribution in [0.5, 0.6) is 0 Å². The summed E-state index contributed by atoms with van der Waals surface area (Å²) in [4.78, 5) is 77.2. The van der Waals surface area contributed by atoms with Gasteiger partial charge < -0.3 is 5.11 Å². The van der Waals surface area contributed by atoms with Crippen molar-refractivity contribution in [3.8, 4) is 0 Å². The number of hydrogen-bond donors (Lipinski definition) is 2. The van der Waals surface area contributed by atoms with Crippen molar-refractivity contribution in [2.75, 3.05) is 0 Å². The molecule has 4 atom stereocenters. The van der Waals surface area contributed by atoms with Gasteiger partial charge in [0.25, 0.3) is 5.69 Å². The molecule has 6 rings (SSSR count). The second-order valence-corrected chi connectivity index (χ2v) is 10.3. The lowest BCUT2D eigenvalue weighted by Crippen LogP contribution is -2.43. The van der Waals surface area contributed by atoms with Gasteiger partial charge in [-0.05, 0) is 29.8 Å². The summed E-state index contributed by atoms with van der Waals surface area (Å²) >= 11 is 6.07. The van der Waals surface area contributed by atoms with Gasteiger partial charge in [-0.3, -0.25) is 44.3 Å². The van der Waals surface area contributed by atoms with Crippen LogP contribution < -0.4 is 5.32 Å². The van der Waals surface area contributed by atoms with Gasteiger partial charge in [0.05, 0.1) is 29.3 Å². The molecule has 0 bridgehead atoms. The van der Waals surface area contributed by atoms with E-state index < -0.39 is 46.6 Å². The van der Waals surface area contributed by atoms with Crippen LogP contribution in [0.2, 0.25) is 5.02 Å². The predicted molar refractivity (Wildman–Crippen MR) is 138 cm³/mol. The SMILES string of the molecule is O=C1c2ccccc2C(=O)c2cc(CN3C(=O)C4C(C(=O)O)NC(c5cc(Cl)ccc5[N+](=O)[O-])C4C3=O)ccc21. The molecule has 2 heterocycles. The average Bonchev–Trinajstić information content (AvgIpc) is 3.44. The first-order valence-corrected chi connectivity index (χ1v) is 12.6. The fourth-order valence-corrected chi connectivity index (χ4v) is 6.09. The first-order valence-electron chi connectivity index (χ1n) is 12.2. The molecule has 12 heteroatoms. The number of carboxylic acid groups (broad SMARTS) is 1. The Morgan fingerprint density at radius 3 is 2.17 bits per heavy atom. The number of imide groups is 1. The predicted octanol–water partition coefficient (Wildman–Crippen LogP) is 2.92. The van der Waals surface area contributed by atoms with E-state index in [4.69, 9.17) is 11.6 Å². The van der Waals surface area contributed by atoms with Crippen LogP contribution in [0.1, 0.15) is 49.0 Å². The summed E-state index contributed by atoms with van der Waals surface area (Å²) in [6.45, 7) is -0.280. The second-order valence-electron chi connectivity index (χ2n) is 9.82. The maximum atomic E-state index is 13.6. The van der Waals surface area contributed by atoms with E-state index in [2.05, 4.69) is 5.32 Å². The Morgan fingerprint density at radius 1 is 0.900 bits per heavy atom. The smallest absolute Gasteiger partial charge is 0.321 e. The maximum Gasteiger partial charge on any atom is 0.321 e. The van der Waals surface area contributed by atoms with Gasteiger partial charge in [-0.2, -0.15) is 0 Å². The number of fused-ring (bicyclic) bond motifs is 3. The fraction of sp³-hybridized carbons (Fsp3) is 0.179. The first-order chi connectivity index (χ1) is 19.1. The van der Waals surface area contributed by atoms with Gasteiger partial charge >= 0.3 is 5.97 Å². The van der Waals surface area contributed by atoms with Crippen LogP contribution in [-0.4, -0.2) is 50.3 Å². The number of carbonyl (C=O) groups is 5. The van der Waals surface area contributed by atoms with Crippen molar-refractivity contribution in [1.82, 2.24) is 10.2 Å². The van der Waals surface area contributed by atoms with Gasteiger partial charge in [0.15, 0.2) is 11.6 Å². The summed E-state index contributed by atoms with van der Waals surface area (Å²) in [5, 5.41) is 24.4. The number of nitrogens with one attached hydrogen (secondary N) is 1. The Kier molecular flexibility index (Phi) is 5.86. The molecule has 0 saturated carbocycles. The largest absolute Gasteiger partial charge is 0.480 e. The lowest BCUT2D eigenvalue weighted by Gasteiger charge is -2.22. The van der Waals surface area contributed by atoms with Crippen molar-refractivity contribution in [1.29, 1.82) is 0 Å². The van der Waals surface area contributed by atoms with E-state index in [0.717, 1.165) is 11.0 Å². The Labute approximate surface area is 230 Å². The number of ketones is 2. The zero-order chi connectivity index (χ0) is 28.5. The van der Waals surface area contributed by atoms with E-state index in [-0.39, 0.29) is 51.1 Å². The quantitative estimate of drug-likeness (QED) is 0.212. The van der Waals surface area contributed by atoms with Crippen molar-refractivity contribution in [2.24, 2.45) is 11.8 Å². The highest BCUT2D eigenvalue weighted by Crippen LogP contribution is 2.47. The lowest BCUT2D eigenvalue weighted by atomic mass is 9.83. The van der Waals surface area contributed by atoms with Crippen LogP contribution in [0.4, 0.5) is 5.69 Å². The van der Waals surface area contributed by atoms with E-state index >= 15 is 0 Å². The highest BCUT2D eigenvalue weighted by atomic mass is 35.5. The first kappa shape index (κ1) is 25.5. The van der Waals surface area contributed by atoms with Gasteiger partial charge in [-0.1, -0.05) is 41.9 Å². The van der Waals surface area contributed by atoms with Crippen molar-refractivity contribution >= 4 is 46.6 Å².